The number of benzene rings is 1. The molecule has 2 aromatic rings. The number of ether oxygens (including phenoxy) is 2. The Morgan fingerprint density at radius 1 is 1.26 bits per heavy atom. The number of piperazine rings is 1. The van der Waals surface area contributed by atoms with Crippen LogP contribution >= 0.6 is 0 Å². The Morgan fingerprint density at radius 2 is 2.06 bits per heavy atom. The van der Waals surface area contributed by atoms with E-state index < -0.39 is 5.54 Å². The van der Waals surface area contributed by atoms with Crippen molar-refractivity contribution in [3.8, 4) is 5.75 Å². The van der Waals surface area contributed by atoms with E-state index in [1.807, 2.05) is 25.1 Å². The summed E-state index contributed by atoms with van der Waals surface area (Å²) in [6.07, 6.45) is 1.62. The summed E-state index contributed by atoms with van der Waals surface area (Å²) in [5, 5.41) is 1.07. The third kappa shape index (κ3) is 3.29. The van der Waals surface area contributed by atoms with Crippen LogP contribution in [0.5, 0.6) is 5.75 Å². The van der Waals surface area contributed by atoms with Crippen molar-refractivity contribution >= 4 is 22.7 Å². The first-order chi connectivity index (χ1) is 15.0. The van der Waals surface area contributed by atoms with Crippen molar-refractivity contribution in [2.45, 2.75) is 25.3 Å². The SMILES string of the molecule is COc1ccc2[nH]c3c(c2c1)CCN1C(=O)CN(CCC[NH+]2CCOCC2)C(=O)[C@]31C. The number of carbonyl (C=O) groups excluding carboxylic acids is 2. The second kappa shape index (κ2) is 7.84. The number of fused-ring (bicyclic) bond motifs is 5. The van der Waals surface area contributed by atoms with Crippen LogP contribution in [0.1, 0.15) is 24.6 Å². The zero-order valence-electron chi connectivity index (χ0n) is 18.3. The number of nitrogens with one attached hydrogen (secondary N) is 2. The fraction of sp³-hybridized carbons (Fsp3) is 0.565. The molecule has 3 aliphatic heterocycles. The van der Waals surface area contributed by atoms with Crippen LogP contribution in [0.2, 0.25) is 0 Å². The van der Waals surface area contributed by atoms with Crippen LogP contribution in [0.3, 0.4) is 0 Å². The van der Waals surface area contributed by atoms with E-state index in [-0.39, 0.29) is 18.4 Å². The molecular weight excluding hydrogens is 396 g/mol. The Morgan fingerprint density at radius 3 is 2.84 bits per heavy atom. The molecule has 0 spiro atoms. The lowest BCUT2D eigenvalue weighted by Gasteiger charge is -2.49. The monoisotopic (exact) mass is 427 g/mol. The van der Waals surface area contributed by atoms with Crippen molar-refractivity contribution in [3.05, 3.63) is 29.5 Å². The van der Waals surface area contributed by atoms with Crippen LogP contribution in [-0.2, 0) is 26.3 Å². The van der Waals surface area contributed by atoms with Gasteiger partial charge in [-0.05, 0) is 37.1 Å². The van der Waals surface area contributed by atoms with Gasteiger partial charge in [0.15, 0.2) is 5.54 Å². The molecule has 31 heavy (non-hydrogen) atoms. The Balaban J connectivity index is 1.41. The van der Waals surface area contributed by atoms with Crippen LogP contribution in [0.4, 0.5) is 0 Å². The van der Waals surface area contributed by atoms with Gasteiger partial charge in [0.2, 0.25) is 5.91 Å². The highest BCUT2D eigenvalue weighted by atomic mass is 16.5. The molecule has 1 aromatic heterocycles. The molecule has 1 atom stereocenters. The van der Waals surface area contributed by atoms with Gasteiger partial charge in [-0.2, -0.15) is 0 Å². The predicted molar refractivity (Wildman–Crippen MR) is 115 cm³/mol. The third-order valence-corrected chi connectivity index (χ3v) is 7.21. The standard InChI is InChI=1S/C23H30N4O4/c1-23-21-17(18-14-16(30-2)4-5-19(18)24-21)6-9-27(23)20(28)15-26(22(23)29)8-3-7-25-10-12-31-13-11-25/h4-5,14,24H,3,6-13,15H2,1-2H3/p+1/t23-/m0/s1. The maximum atomic E-state index is 13.7. The van der Waals surface area contributed by atoms with E-state index >= 15 is 0 Å². The molecule has 2 amide bonds. The number of carbonyl (C=O) groups is 2. The number of amides is 2. The summed E-state index contributed by atoms with van der Waals surface area (Å²) >= 11 is 0. The molecular formula is C23H31N4O4+. The normalized spacial score (nSPS) is 24.5. The van der Waals surface area contributed by atoms with Gasteiger partial charge in [0, 0.05) is 30.4 Å². The molecule has 0 unspecified atom stereocenters. The second-order valence-corrected chi connectivity index (χ2v) is 8.95. The van der Waals surface area contributed by atoms with Crippen molar-refractivity contribution in [1.82, 2.24) is 14.8 Å². The van der Waals surface area contributed by atoms with E-state index in [2.05, 4.69) is 4.98 Å². The average Bonchev–Trinajstić information content (AvgIpc) is 3.17. The van der Waals surface area contributed by atoms with E-state index in [4.69, 9.17) is 9.47 Å². The van der Waals surface area contributed by atoms with Gasteiger partial charge in [0.25, 0.3) is 5.91 Å². The summed E-state index contributed by atoms with van der Waals surface area (Å²) in [5.41, 5.74) is 1.96. The summed E-state index contributed by atoms with van der Waals surface area (Å²) in [7, 11) is 1.66. The molecule has 166 valence electrons. The number of H-pyrrole nitrogens is 1. The first-order valence-electron chi connectivity index (χ1n) is 11.2. The number of hydrogen-bond acceptors (Lipinski definition) is 4. The van der Waals surface area contributed by atoms with Crippen LogP contribution in [-0.4, -0.2) is 86.2 Å². The number of hydrogen-bond donors (Lipinski definition) is 2. The van der Waals surface area contributed by atoms with E-state index in [1.165, 1.54) is 4.90 Å². The van der Waals surface area contributed by atoms with Gasteiger partial charge in [0.1, 0.15) is 18.8 Å². The van der Waals surface area contributed by atoms with Crippen LogP contribution in [0, 0.1) is 0 Å². The maximum absolute atomic E-state index is 13.7. The minimum atomic E-state index is -0.985. The summed E-state index contributed by atoms with van der Waals surface area (Å²) in [5.74, 6) is 0.839. The van der Waals surface area contributed by atoms with Crippen molar-refractivity contribution in [1.29, 1.82) is 0 Å². The number of rotatable bonds is 5. The minimum Gasteiger partial charge on any atom is -0.497 e. The molecule has 2 fully saturated rings. The van der Waals surface area contributed by atoms with Crippen LogP contribution in [0.25, 0.3) is 10.9 Å². The fourth-order valence-corrected chi connectivity index (χ4v) is 5.45. The first-order valence-corrected chi connectivity index (χ1v) is 11.2. The average molecular weight is 428 g/mol. The lowest BCUT2D eigenvalue weighted by atomic mass is 9.83. The van der Waals surface area contributed by atoms with Crippen molar-refractivity contribution in [3.63, 3.8) is 0 Å². The van der Waals surface area contributed by atoms with Crippen LogP contribution < -0.4 is 9.64 Å². The van der Waals surface area contributed by atoms with E-state index in [9.17, 15) is 9.59 Å². The van der Waals surface area contributed by atoms with Crippen LogP contribution in [0.15, 0.2) is 18.2 Å². The Kier molecular flexibility index (Phi) is 5.14. The summed E-state index contributed by atoms with van der Waals surface area (Å²) < 4.78 is 10.8. The highest BCUT2D eigenvalue weighted by Gasteiger charge is 2.54. The molecule has 8 heteroatoms. The molecule has 2 saturated heterocycles. The van der Waals surface area contributed by atoms with Gasteiger partial charge >= 0.3 is 0 Å². The van der Waals surface area contributed by atoms with Gasteiger partial charge in [-0.25, -0.2) is 0 Å². The molecule has 4 heterocycles. The molecule has 0 bridgehead atoms. The van der Waals surface area contributed by atoms with E-state index in [0.717, 1.165) is 73.6 Å². The van der Waals surface area contributed by atoms with Gasteiger partial charge < -0.3 is 29.2 Å². The Labute approximate surface area is 182 Å². The summed E-state index contributed by atoms with van der Waals surface area (Å²) in [6, 6.07) is 5.92. The first kappa shape index (κ1) is 20.3. The lowest BCUT2D eigenvalue weighted by Crippen LogP contribution is -3.14. The van der Waals surface area contributed by atoms with Gasteiger partial charge in [-0.15, -0.1) is 0 Å². The number of nitrogens with zero attached hydrogens (tertiary/aromatic N) is 2. The van der Waals surface area contributed by atoms with Crippen molar-refractivity contribution < 1.29 is 24.0 Å². The zero-order chi connectivity index (χ0) is 21.6. The molecule has 5 rings (SSSR count). The molecule has 0 radical (unpaired) electrons. The maximum Gasteiger partial charge on any atom is 0.254 e. The van der Waals surface area contributed by atoms with Gasteiger partial charge in [-0.3, -0.25) is 9.59 Å². The van der Waals surface area contributed by atoms with Crippen molar-refractivity contribution in [2.24, 2.45) is 0 Å². The molecule has 0 aliphatic carbocycles. The molecule has 1 aromatic carbocycles. The topological polar surface area (TPSA) is 79.3 Å². The van der Waals surface area contributed by atoms with E-state index in [0.29, 0.717) is 13.1 Å². The second-order valence-electron chi connectivity index (χ2n) is 8.95. The molecule has 3 aliphatic rings. The van der Waals surface area contributed by atoms with E-state index in [1.54, 1.807) is 16.9 Å². The summed E-state index contributed by atoms with van der Waals surface area (Å²) in [4.78, 5) is 35.3. The highest BCUT2D eigenvalue weighted by Crippen LogP contribution is 2.42. The molecule has 0 saturated carbocycles. The predicted octanol–water partition coefficient (Wildman–Crippen LogP) is -0.0762. The van der Waals surface area contributed by atoms with Crippen molar-refractivity contribution in [2.75, 3.05) is 59.6 Å². The minimum absolute atomic E-state index is 0.0172. The number of aromatic nitrogens is 1. The fourth-order valence-electron chi connectivity index (χ4n) is 5.45. The Bertz CT molecular complexity index is 1010. The number of aromatic amines is 1. The third-order valence-electron chi connectivity index (χ3n) is 7.21. The Hall–Kier alpha value is -2.58. The zero-order valence-corrected chi connectivity index (χ0v) is 18.3. The van der Waals surface area contributed by atoms with Gasteiger partial charge in [0.05, 0.1) is 39.1 Å². The van der Waals surface area contributed by atoms with Gasteiger partial charge in [-0.1, -0.05) is 0 Å². The number of quaternary nitrogens is 1. The summed E-state index contributed by atoms with van der Waals surface area (Å²) in [6.45, 7) is 7.88. The largest absolute Gasteiger partial charge is 0.497 e. The number of methoxy groups -OCH3 is 1. The lowest BCUT2D eigenvalue weighted by molar-refractivity contribution is -0.908. The molecule has 2 N–H and O–H groups in total. The highest BCUT2D eigenvalue weighted by molar-refractivity contribution is 6.00. The molecule has 8 nitrogen and oxygen atoms in total. The quantitative estimate of drug-likeness (QED) is 0.700. The smallest absolute Gasteiger partial charge is 0.254 e. The number of morpholine rings is 1.